The van der Waals surface area contributed by atoms with E-state index in [9.17, 15) is 0 Å². The molecule has 0 aliphatic heterocycles. The molecule has 0 spiro atoms. The van der Waals surface area contributed by atoms with Crippen LogP contribution in [0.25, 0.3) is 0 Å². The second kappa shape index (κ2) is 5.17. The number of amidine groups is 1. The second-order valence-electron chi connectivity index (χ2n) is 4.83. The number of hydrogen-bond donors (Lipinski definition) is 2. The molecule has 1 aliphatic carbocycles. The summed E-state index contributed by atoms with van der Waals surface area (Å²) in [4.78, 5) is 6.56. The molecule has 17 heavy (non-hydrogen) atoms. The van der Waals surface area contributed by atoms with Gasteiger partial charge in [0.05, 0.1) is 0 Å². The van der Waals surface area contributed by atoms with Crippen molar-refractivity contribution in [3.05, 3.63) is 23.9 Å². The van der Waals surface area contributed by atoms with Crippen molar-refractivity contribution in [3.8, 4) is 0 Å². The fourth-order valence-electron chi connectivity index (χ4n) is 2.46. The first-order valence-electron chi connectivity index (χ1n) is 6.19. The van der Waals surface area contributed by atoms with Crippen LogP contribution in [0.1, 0.15) is 31.4 Å². The average Bonchev–Trinajstić information content (AvgIpc) is 2.82. The molecular weight excluding hydrogens is 212 g/mol. The molecule has 1 aromatic rings. The van der Waals surface area contributed by atoms with E-state index >= 15 is 0 Å². The van der Waals surface area contributed by atoms with Gasteiger partial charge in [0.15, 0.2) is 0 Å². The van der Waals surface area contributed by atoms with Crippen LogP contribution in [0, 0.1) is 11.3 Å². The van der Waals surface area contributed by atoms with E-state index in [1.165, 1.54) is 25.7 Å². The highest BCUT2D eigenvalue weighted by Crippen LogP contribution is 2.26. The van der Waals surface area contributed by atoms with Gasteiger partial charge in [-0.25, -0.2) is 4.98 Å². The second-order valence-corrected chi connectivity index (χ2v) is 4.83. The predicted molar refractivity (Wildman–Crippen MR) is 70.5 cm³/mol. The van der Waals surface area contributed by atoms with Gasteiger partial charge < -0.3 is 10.6 Å². The van der Waals surface area contributed by atoms with Gasteiger partial charge in [-0.3, -0.25) is 5.41 Å². The Labute approximate surface area is 102 Å². The van der Waals surface area contributed by atoms with Gasteiger partial charge in [0.2, 0.25) is 0 Å². The van der Waals surface area contributed by atoms with E-state index in [0.717, 1.165) is 18.3 Å². The third-order valence-corrected chi connectivity index (χ3v) is 3.41. The fraction of sp³-hybridized carbons (Fsp3) is 0.538. The number of nitrogen functional groups attached to an aromatic ring is 1. The molecule has 0 unspecified atom stereocenters. The van der Waals surface area contributed by atoms with Crippen LogP contribution in [0.5, 0.6) is 0 Å². The Kier molecular flexibility index (Phi) is 3.61. The van der Waals surface area contributed by atoms with Crippen LogP contribution in [-0.2, 0) is 0 Å². The minimum atomic E-state index is 0.0288. The van der Waals surface area contributed by atoms with Crippen LogP contribution in [0.2, 0.25) is 0 Å². The Morgan fingerprint density at radius 1 is 1.47 bits per heavy atom. The van der Waals surface area contributed by atoms with Crippen LogP contribution >= 0.6 is 0 Å². The van der Waals surface area contributed by atoms with E-state index in [-0.39, 0.29) is 5.84 Å². The number of aromatic nitrogens is 1. The van der Waals surface area contributed by atoms with Crippen molar-refractivity contribution in [1.29, 1.82) is 5.41 Å². The van der Waals surface area contributed by atoms with Gasteiger partial charge in [-0.05, 0) is 30.9 Å². The number of rotatable bonds is 4. The summed E-state index contributed by atoms with van der Waals surface area (Å²) in [5.74, 6) is 1.73. The normalized spacial score (nSPS) is 16.1. The van der Waals surface area contributed by atoms with Crippen molar-refractivity contribution in [3.63, 3.8) is 0 Å². The lowest BCUT2D eigenvalue weighted by Crippen LogP contribution is -2.25. The van der Waals surface area contributed by atoms with Gasteiger partial charge in [-0.15, -0.1) is 0 Å². The summed E-state index contributed by atoms with van der Waals surface area (Å²) in [5.41, 5.74) is 6.00. The van der Waals surface area contributed by atoms with Gasteiger partial charge in [0, 0.05) is 13.6 Å². The van der Waals surface area contributed by atoms with E-state index < -0.39 is 0 Å². The monoisotopic (exact) mass is 232 g/mol. The van der Waals surface area contributed by atoms with Crippen molar-refractivity contribution in [2.75, 3.05) is 18.5 Å². The zero-order chi connectivity index (χ0) is 12.3. The van der Waals surface area contributed by atoms with Crippen LogP contribution in [0.3, 0.4) is 0 Å². The highest BCUT2D eigenvalue weighted by molar-refractivity contribution is 5.93. The number of pyridine rings is 1. The maximum atomic E-state index is 7.39. The van der Waals surface area contributed by atoms with Crippen LogP contribution in [0.15, 0.2) is 18.2 Å². The summed E-state index contributed by atoms with van der Waals surface area (Å²) in [5, 5.41) is 7.39. The fourth-order valence-corrected chi connectivity index (χ4v) is 2.46. The Morgan fingerprint density at radius 2 is 2.18 bits per heavy atom. The topological polar surface area (TPSA) is 66.0 Å². The maximum absolute atomic E-state index is 7.39. The molecule has 0 radical (unpaired) electrons. The molecule has 0 aromatic carbocycles. The summed E-state index contributed by atoms with van der Waals surface area (Å²) < 4.78 is 0. The van der Waals surface area contributed by atoms with Gasteiger partial charge in [0.1, 0.15) is 17.3 Å². The Hall–Kier alpha value is -1.58. The zero-order valence-electron chi connectivity index (χ0n) is 10.3. The number of anilines is 1. The molecule has 1 fully saturated rings. The zero-order valence-corrected chi connectivity index (χ0v) is 10.3. The lowest BCUT2D eigenvalue weighted by Gasteiger charge is -2.22. The van der Waals surface area contributed by atoms with Crippen LogP contribution < -0.4 is 10.6 Å². The number of nitrogens with one attached hydrogen (secondary N) is 1. The number of nitrogens with zero attached hydrogens (tertiary/aromatic N) is 2. The Bertz CT molecular complexity index is 396. The minimum absolute atomic E-state index is 0.0288. The van der Waals surface area contributed by atoms with Gasteiger partial charge >= 0.3 is 0 Å². The van der Waals surface area contributed by atoms with Crippen molar-refractivity contribution < 1.29 is 0 Å². The molecule has 0 amide bonds. The molecule has 92 valence electrons. The first-order chi connectivity index (χ1) is 8.16. The van der Waals surface area contributed by atoms with Crippen molar-refractivity contribution >= 4 is 11.7 Å². The smallest absolute Gasteiger partial charge is 0.141 e. The SMILES string of the molecule is CN(CC1CCCC1)c1cccc(C(=N)N)n1. The van der Waals surface area contributed by atoms with E-state index in [2.05, 4.69) is 16.9 Å². The van der Waals surface area contributed by atoms with Crippen molar-refractivity contribution in [2.45, 2.75) is 25.7 Å². The van der Waals surface area contributed by atoms with Crippen molar-refractivity contribution in [1.82, 2.24) is 4.98 Å². The summed E-state index contributed by atoms with van der Waals surface area (Å²) in [6, 6.07) is 5.65. The summed E-state index contributed by atoms with van der Waals surface area (Å²) in [6.45, 7) is 1.05. The van der Waals surface area contributed by atoms with E-state index in [1.54, 1.807) is 6.07 Å². The molecule has 1 aromatic heterocycles. The molecule has 0 bridgehead atoms. The highest BCUT2D eigenvalue weighted by Gasteiger charge is 2.17. The Balaban J connectivity index is 2.04. The average molecular weight is 232 g/mol. The van der Waals surface area contributed by atoms with Crippen LogP contribution in [0.4, 0.5) is 5.82 Å². The number of hydrogen-bond acceptors (Lipinski definition) is 3. The van der Waals surface area contributed by atoms with Crippen LogP contribution in [-0.4, -0.2) is 24.4 Å². The molecular formula is C13H20N4. The first-order valence-corrected chi connectivity index (χ1v) is 6.19. The number of nitrogens with two attached hydrogens (primary N) is 1. The Morgan fingerprint density at radius 3 is 2.82 bits per heavy atom. The molecule has 0 saturated heterocycles. The summed E-state index contributed by atoms with van der Waals surface area (Å²) >= 11 is 0. The quantitative estimate of drug-likeness (QED) is 0.616. The highest BCUT2D eigenvalue weighted by atomic mass is 15.2. The molecule has 1 heterocycles. The van der Waals surface area contributed by atoms with E-state index in [1.807, 2.05) is 12.1 Å². The first kappa shape index (κ1) is 11.9. The van der Waals surface area contributed by atoms with Gasteiger partial charge in [-0.1, -0.05) is 18.9 Å². The molecule has 0 atom stereocenters. The van der Waals surface area contributed by atoms with Gasteiger partial charge in [-0.2, -0.15) is 0 Å². The third-order valence-electron chi connectivity index (χ3n) is 3.41. The molecule has 1 saturated carbocycles. The van der Waals surface area contributed by atoms with E-state index in [0.29, 0.717) is 5.69 Å². The largest absolute Gasteiger partial charge is 0.382 e. The van der Waals surface area contributed by atoms with Gasteiger partial charge in [0.25, 0.3) is 0 Å². The van der Waals surface area contributed by atoms with Crippen molar-refractivity contribution in [2.24, 2.45) is 11.7 Å². The third kappa shape index (κ3) is 2.96. The summed E-state index contributed by atoms with van der Waals surface area (Å²) in [6.07, 6.45) is 5.38. The summed E-state index contributed by atoms with van der Waals surface area (Å²) in [7, 11) is 2.06. The molecule has 4 heteroatoms. The standard InChI is InChI=1S/C13H20N4/c1-17(9-10-5-2-3-6-10)12-8-4-7-11(16-12)13(14)15/h4,7-8,10H,2-3,5-6,9H2,1H3,(H3,14,15). The maximum Gasteiger partial charge on any atom is 0.141 e. The molecule has 3 N–H and O–H groups in total. The van der Waals surface area contributed by atoms with E-state index in [4.69, 9.17) is 11.1 Å². The lowest BCUT2D eigenvalue weighted by atomic mass is 10.1. The molecule has 1 aliphatic rings. The minimum Gasteiger partial charge on any atom is -0.382 e. The lowest BCUT2D eigenvalue weighted by molar-refractivity contribution is 0.545. The molecule has 2 rings (SSSR count). The molecule has 4 nitrogen and oxygen atoms in total. The predicted octanol–water partition coefficient (Wildman–Crippen LogP) is 1.99.